The summed E-state index contributed by atoms with van der Waals surface area (Å²) < 4.78 is 1.08. The van der Waals surface area contributed by atoms with Crippen molar-refractivity contribution in [2.45, 2.75) is 40.2 Å². The molecular formula is C16H24BrNO. The highest BCUT2D eigenvalue weighted by molar-refractivity contribution is 9.10. The lowest BCUT2D eigenvalue weighted by Gasteiger charge is -2.28. The first-order valence-electron chi connectivity index (χ1n) is 7.01. The van der Waals surface area contributed by atoms with E-state index in [2.05, 4.69) is 47.7 Å². The van der Waals surface area contributed by atoms with Gasteiger partial charge in [0, 0.05) is 17.6 Å². The normalized spacial score (nSPS) is 21.8. The topological polar surface area (TPSA) is 23.5 Å². The fraction of sp³-hybridized carbons (Fsp3) is 0.625. The molecule has 1 saturated heterocycles. The van der Waals surface area contributed by atoms with Crippen molar-refractivity contribution in [3.63, 3.8) is 0 Å². The molecule has 0 saturated carbocycles. The van der Waals surface area contributed by atoms with Crippen LogP contribution < -0.4 is 4.90 Å². The van der Waals surface area contributed by atoms with Crippen molar-refractivity contribution >= 4 is 21.6 Å². The van der Waals surface area contributed by atoms with Crippen molar-refractivity contribution in [3.8, 4) is 0 Å². The lowest BCUT2D eigenvalue weighted by atomic mass is 9.80. The van der Waals surface area contributed by atoms with Crippen molar-refractivity contribution in [2.24, 2.45) is 11.3 Å². The number of hydrogen-bond acceptors (Lipinski definition) is 2. The number of hydrogen-bond donors (Lipinski definition) is 1. The van der Waals surface area contributed by atoms with Crippen LogP contribution in [0.5, 0.6) is 0 Å². The van der Waals surface area contributed by atoms with Gasteiger partial charge < -0.3 is 10.0 Å². The molecular weight excluding hydrogens is 302 g/mol. The summed E-state index contributed by atoms with van der Waals surface area (Å²) in [5.41, 5.74) is 2.58. The van der Waals surface area contributed by atoms with Crippen molar-refractivity contribution in [1.82, 2.24) is 0 Å². The molecule has 0 aliphatic carbocycles. The molecule has 1 heterocycles. The van der Waals surface area contributed by atoms with Gasteiger partial charge in [-0.3, -0.25) is 0 Å². The molecule has 2 nitrogen and oxygen atoms in total. The molecule has 0 radical (unpaired) electrons. The van der Waals surface area contributed by atoms with Gasteiger partial charge in [-0.2, -0.15) is 0 Å². The highest BCUT2D eigenvalue weighted by atomic mass is 79.9. The summed E-state index contributed by atoms with van der Waals surface area (Å²) >= 11 is 3.64. The molecule has 0 spiro atoms. The molecule has 1 aliphatic heterocycles. The van der Waals surface area contributed by atoms with Crippen molar-refractivity contribution in [1.29, 1.82) is 0 Å². The first-order chi connectivity index (χ1) is 8.79. The quantitative estimate of drug-likeness (QED) is 0.872. The maximum absolute atomic E-state index is 9.62. The summed E-state index contributed by atoms with van der Waals surface area (Å²) in [5.74, 6) is 0.746. The molecule has 1 aromatic rings. The van der Waals surface area contributed by atoms with Crippen LogP contribution in [0.15, 0.2) is 22.7 Å². The molecule has 2 atom stereocenters. The minimum atomic E-state index is -0.411. The van der Waals surface area contributed by atoms with E-state index >= 15 is 0 Å². The summed E-state index contributed by atoms with van der Waals surface area (Å²) in [6, 6.07) is 6.18. The Morgan fingerprint density at radius 1 is 1.37 bits per heavy atom. The fourth-order valence-corrected chi connectivity index (χ4v) is 3.37. The molecule has 19 heavy (non-hydrogen) atoms. The summed E-state index contributed by atoms with van der Waals surface area (Å²) in [6.45, 7) is 11.0. The van der Waals surface area contributed by atoms with E-state index in [4.69, 9.17) is 0 Å². The van der Waals surface area contributed by atoms with E-state index in [9.17, 15) is 5.11 Å². The van der Waals surface area contributed by atoms with Crippen LogP contribution in [-0.4, -0.2) is 18.2 Å². The highest BCUT2D eigenvalue weighted by Gasteiger charge is 2.32. The van der Waals surface area contributed by atoms with Crippen LogP contribution in [0.2, 0.25) is 0 Å². The summed E-state index contributed by atoms with van der Waals surface area (Å²) in [7, 11) is 0. The molecule has 1 aromatic carbocycles. The van der Waals surface area contributed by atoms with Crippen LogP contribution >= 0.6 is 15.9 Å². The number of rotatable bonds is 2. The van der Waals surface area contributed by atoms with Crippen molar-refractivity contribution < 1.29 is 5.11 Å². The van der Waals surface area contributed by atoms with Gasteiger partial charge in [-0.05, 0) is 58.3 Å². The lowest BCUT2D eigenvalue weighted by molar-refractivity contribution is 0.199. The van der Waals surface area contributed by atoms with Crippen LogP contribution in [0.1, 0.15) is 45.8 Å². The maximum atomic E-state index is 9.62. The van der Waals surface area contributed by atoms with Gasteiger partial charge in [-0.25, -0.2) is 0 Å². The number of nitrogens with zero attached hydrogens (tertiary/aromatic N) is 1. The Labute approximate surface area is 124 Å². The second kappa shape index (κ2) is 5.45. The van der Waals surface area contributed by atoms with Gasteiger partial charge in [0.1, 0.15) is 0 Å². The van der Waals surface area contributed by atoms with E-state index in [-0.39, 0.29) is 0 Å². The minimum absolute atomic E-state index is 0.376. The highest BCUT2D eigenvalue weighted by Crippen LogP contribution is 2.38. The molecule has 2 rings (SSSR count). The third kappa shape index (κ3) is 3.32. The van der Waals surface area contributed by atoms with E-state index in [1.165, 1.54) is 12.1 Å². The van der Waals surface area contributed by atoms with Crippen molar-refractivity contribution in [2.75, 3.05) is 18.0 Å². The standard InChI is InChI=1S/C16H24BrNO/c1-11(19)12-5-6-15(14(17)9-12)18-8-7-13(10-18)16(2,3)4/h5-6,9,11,13,19H,7-8,10H2,1-4H3/t11-,13?/m0/s1. The zero-order valence-electron chi connectivity index (χ0n) is 12.3. The monoisotopic (exact) mass is 325 g/mol. The largest absolute Gasteiger partial charge is 0.389 e. The zero-order valence-corrected chi connectivity index (χ0v) is 13.9. The molecule has 0 amide bonds. The average Bonchev–Trinajstić information content (AvgIpc) is 2.77. The van der Waals surface area contributed by atoms with Gasteiger partial charge >= 0.3 is 0 Å². The second-order valence-electron chi connectivity index (χ2n) is 6.68. The number of aliphatic hydroxyl groups is 1. The first kappa shape index (κ1) is 14.9. The Kier molecular flexibility index (Phi) is 4.26. The Morgan fingerprint density at radius 3 is 2.53 bits per heavy atom. The van der Waals surface area contributed by atoms with Crippen LogP contribution in [0.25, 0.3) is 0 Å². The molecule has 1 N–H and O–H groups in total. The van der Waals surface area contributed by atoms with E-state index in [1.54, 1.807) is 6.92 Å². The molecule has 1 unspecified atom stereocenters. The minimum Gasteiger partial charge on any atom is -0.389 e. The number of halogens is 1. The van der Waals surface area contributed by atoms with Gasteiger partial charge in [0.2, 0.25) is 0 Å². The van der Waals surface area contributed by atoms with E-state index in [0.717, 1.165) is 29.0 Å². The summed E-state index contributed by atoms with van der Waals surface area (Å²) in [4.78, 5) is 2.45. The first-order valence-corrected chi connectivity index (χ1v) is 7.81. The maximum Gasteiger partial charge on any atom is 0.0762 e. The van der Waals surface area contributed by atoms with Gasteiger partial charge in [0.15, 0.2) is 0 Å². The molecule has 1 fully saturated rings. The smallest absolute Gasteiger partial charge is 0.0762 e. The third-order valence-corrected chi connectivity index (χ3v) is 4.84. The fourth-order valence-electron chi connectivity index (χ4n) is 2.73. The van der Waals surface area contributed by atoms with E-state index in [1.807, 2.05) is 12.1 Å². The predicted octanol–water partition coefficient (Wildman–Crippen LogP) is 4.37. The molecule has 3 heteroatoms. The van der Waals surface area contributed by atoms with Gasteiger partial charge in [0.25, 0.3) is 0 Å². The lowest BCUT2D eigenvalue weighted by Crippen LogP contribution is -2.26. The molecule has 0 aromatic heterocycles. The zero-order chi connectivity index (χ0) is 14.2. The van der Waals surface area contributed by atoms with Crippen LogP contribution in [0, 0.1) is 11.3 Å². The third-order valence-electron chi connectivity index (χ3n) is 4.21. The molecule has 1 aliphatic rings. The van der Waals surface area contributed by atoms with Gasteiger partial charge in [-0.1, -0.05) is 26.8 Å². The number of aliphatic hydroxyl groups excluding tert-OH is 1. The van der Waals surface area contributed by atoms with Crippen molar-refractivity contribution in [3.05, 3.63) is 28.2 Å². The van der Waals surface area contributed by atoms with E-state index in [0.29, 0.717) is 5.41 Å². The predicted molar refractivity (Wildman–Crippen MR) is 84.6 cm³/mol. The number of benzene rings is 1. The van der Waals surface area contributed by atoms with Gasteiger partial charge in [0.05, 0.1) is 11.8 Å². The van der Waals surface area contributed by atoms with Crippen LogP contribution in [0.4, 0.5) is 5.69 Å². The second-order valence-corrected chi connectivity index (χ2v) is 7.54. The average molecular weight is 326 g/mol. The Hall–Kier alpha value is -0.540. The SMILES string of the molecule is C[C@H](O)c1ccc(N2CCC(C(C)(C)C)C2)c(Br)c1. The Bertz CT molecular complexity index is 451. The van der Waals surface area contributed by atoms with Gasteiger partial charge in [-0.15, -0.1) is 0 Å². The Morgan fingerprint density at radius 2 is 2.05 bits per heavy atom. The Balaban J connectivity index is 2.16. The van der Waals surface area contributed by atoms with Crippen LogP contribution in [0.3, 0.4) is 0 Å². The van der Waals surface area contributed by atoms with Crippen LogP contribution in [-0.2, 0) is 0 Å². The molecule has 0 bridgehead atoms. The molecule has 106 valence electrons. The van der Waals surface area contributed by atoms with E-state index < -0.39 is 6.10 Å². The number of anilines is 1. The summed E-state index contributed by atoms with van der Waals surface area (Å²) in [5, 5.41) is 9.62. The summed E-state index contributed by atoms with van der Waals surface area (Å²) in [6.07, 6.45) is 0.847.